The fourth-order valence-corrected chi connectivity index (χ4v) is 2.17. The lowest BCUT2D eigenvalue weighted by Crippen LogP contribution is -2.03. The van der Waals surface area contributed by atoms with E-state index in [1.807, 2.05) is 0 Å². The molecule has 6 nitrogen and oxygen atoms in total. The van der Waals surface area contributed by atoms with Crippen molar-refractivity contribution in [1.82, 2.24) is 10.2 Å². The number of phenolic OH excluding ortho intramolecular Hbond substituents is 1. The van der Waals surface area contributed by atoms with Crippen LogP contribution in [0.4, 0.5) is 24.5 Å². The molecule has 3 aromatic rings. The lowest BCUT2D eigenvalue weighted by molar-refractivity contribution is -0.137. The Hall–Kier alpha value is -3.36. The monoisotopic (exact) mass is 348 g/mol. The number of rotatable bonds is 3. The minimum absolute atomic E-state index is 0.0136. The Morgan fingerprint density at radius 2 is 1.72 bits per heavy atom. The van der Waals surface area contributed by atoms with E-state index in [9.17, 15) is 23.1 Å². The minimum atomic E-state index is -4.50. The molecule has 0 radical (unpaired) electrons. The van der Waals surface area contributed by atoms with Crippen molar-refractivity contribution < 1.29 is 18.3 Å². The number of H-pyrrole nitrogens is 2. The molecule has 0 saturated carbocycles. The molecule has 0 saturated heterocycles. The maximum Gasteiger partial charge on any atom is 0.416 e. The van der Waals surface area contributed by atoms with Gasteiger partial charge in [-0.3, -0.25) is 15.0 Å². The van der Waals surface area contributed by atoms with Crippen LogP contribution in [0, 0.1) is 0 Å². The van der Waals surface area contributed by atoms with Gasteiger partial charge in [-0.05, 0) is 30.3 Å². The van der Waals surface area contributed by atoms with E-state index in [4.69, 9.17) is 0 Å². The van der Waals surface area contributed by atoms with E-state index in [1.165, 1.54) is 24.3 Å². The number of aromatic amines is 2. The molecule has 0 atom stereocenters. The molecule has 0 amide bonds. The number of halogens is 3. The second kappa shape index (κ2) is 6.27. The normalized spacial score (nSPS) is 12.0. The molecule has 1 aromatic heterocycles. The zero-order valence-electron chi connectivity index (χ0n) is 12.5. The first-order chi connectivity index (χ1) is 11.8. The second-order valence-electron chi connectivity index (χ2n) is 5.10. The van der Waals surface area contributed by atoms with Gasteiger partial charge >= 0.3 is 6.18 Å². The van der Waals surface area contributed by atoms with Crippen LogP contribution in [-0.4, -0.2) is 15.3 Å². The van der Waals surface area contributed by atoms with Crippen LogP contribution in [0.15, 0.2) is 63.6 Å². The number of nitrogens with zero attached hydrogens (tertiary/aromatic N) is 2. The lowest BCUT2D eigenvalue weighted by atomic mass is 10.1. The van der Waals surface area contributed by atoms with Gasteiger partial charge in [-0.2, -0.15) is 18.3 Å². The van der Waals surface area contributed by atoms with Crippen LogP contribution in [0.2, 0.25) is 0 Å². The Kier molecular flexibility index (Phi) is 4.14. The number of aromatic nitrogens is 2. The molecule has 0 unspecified atom stereocenters. The Bertz CT molecular complexity index is 989. The summed E-state index contributed by atoms with van der Waals surface area (Å²) in [5.74, 6) is -0.0136. The van der Waals surface area contributed by atoms with Crippen LogP contribution in [0.1, 0.15) is 5.56 Å². The second-order valence-corrected chi connectivity index (χ2v) is 5.10. The summed E-state index contributed by atoms with van der Waals surface area (Å²) in [6, 6.07) is 10.4. The number of aromatic hydroxyl groups is 1. The maximum atomic E-state index is 12.7. The van der Waals surface area contributed by atoms with Crippen molar-refractivity contribution in [1.29, 1.82) is 0 Å². The summed E-state index contributed by atoms with van der Waals surface area (Å²) >= 11 is 0. The van der Waals surface area contributed by atoms with Gasteiger partial charge in [-0.1, -0.05) is 18.2 Å². The highest BCUT2D eigenvalue weighted by Gasteiger charge is 2.30. The van der Waals surface area contributed by atoms with Crippen molar-refractivity contribution in [2.45, 2.75) is 6.18 Å². The van der Waals surface area contributed by atoms with E-state index in [-0.39, 0.29) is 22.8 Å². The number of hydrogen-bond donors (Lipinski definition) is 3. The number of benzene rings is 2. The van der Waals surface area contributed by atoms with Crippen LogP contribution in [0.5, 0.6) is 5.75 Å². The molecule has 0 aliphatic rings. The van der Waals surface area contributed by atoms with Gasteiger partial charge in [-0.25, -0.2) is 0 Å². The first kappa shape index (κ1) is 16.5. The molecule has 0 bridgehead atoms. The fourth-order valence-electron chi connectivity index (χ4n) is 2.17. The number of azo groups is 1. The SMILES string of the molecule is O=c1[nH][nH]c(-c2cccc(O)c2)c1N=Nc1cccc(C(F)(F)F)c1. The Balaban J connectivity index is 1.98. The van der Waals surface area contributed by atoms with E-state index in [0.29, 0.717) is 5.56 Å². The number of phenols is 1. The smallest absolute Gasteiger partial charge is 0.416 e. The summed E-state index contributed by atoms with van der Waals surface area (Å²) in [6.07, 6.45) is -4.50. The molecule has 2 aromatic carbocycles. The van der Waals surface area contributed by atoms with E-state index in [0.717, 1.165) is 12.1 Å². The highest BCUT2D eigenvalue weighted by atomic mass is 19.4. The maximum absolute atomic E-state index is 12.7. The fraction of sp³-hybridized carbons (Fsp3) is 0.0625. The summed E-state index contributed by atoms with van der Waals surface area (Å²) in [4.78, 5) is 11.9. The van der Waals surface area contributed by atoms with E-state index >= 15 is 0 Å². The van der Waals surface area contributed by atoms with Gasteiger partial charge in [0.15, 0.2) is 5.69 Å². The van der Waals surface area contributed by atoms with Gasteiger partial charge < -0.3 is 5.11 Å². The third-order valence-corrected chi connectivity index (χ3v) is 3.33. The third kappa shape index (κ3) is 3.60. The Labute approximate surface area is 138 Å². The molecule has 25 heavy (non-hydrogen) atoms. The highest BCUT2D eigenvalue weighted by Crippen LogP contribution is 2.32. The standard InChI is InChI=1S/C16H11F3N4O2/c17-16(18,19)10-4-2-5-11(8-10)20-22-14-13(21-23-15(14)25)9-3-1-6-12(24)7-9/h1-8,24H,(H2,21,23,25). The van der Waals surface area contributed by atoms with Crippen molar-refractivity contribution in [2.75, 3.05) is 0 Å². The van der Waals surface area contributed by atoms with Crippen molar-refractivity contribution in [3.05, 3.63) is 64.4 Å². The van der Waals surface area contributed by atoms with E-state index in [1.54, 1.807) is 12.1 Å². The van der Waals surface area contributed by atoms with Gasteiger partial charge in [0.2, 0.25) is 0 Å². The van der Waals surface area contributed by atoms with Crippen molar-refractivity contribution >= 4 is 11.4 Å². The molecule has 0 aliphatic heterocycles. The molecule has 1 heterocycles. The summed E-state index contributed by atoms with van der Waals surface area (Å²) in [6.45, 7) is 0. The quantitative estimate of drug-likeness (QED) is 0.608. The molecule has 3 rings (SSSR count). The van der Waals surface area contributed by atoms with E-state index in [2.05, 4.69) is 20.4 Å². The first-order valence-corrected chi connectivity index (χ1v) is 7.03. The van der Waals surface area contributed by atoms with Crippen LogP contribution in [0.25, 0.3) is 11.3 Å². The molecule has 128 valence electrons. The topological polar surface area (TPSA) is 93.6 Å². The molecular weight excluding hydrogens is 337 g/mol. The van der Waals surface area contributed by atoms with Crippen LogP contribution in [-0.2, 0) is 6.18 Å². The largest absolute Gasteiger partial charge is 0.508 e. The van der Waals surface area contributed by atoms with Gasteiger partial charge in [0.25, 0.3) is 5.56 Å². The Morgan fingerprint density at radius 1 is 0.960 bits per heavy atom. The first-order valence-electron chi connectivity index (χ1n) is 7.03. The molecule has 3 N–H and O–H groups in total. The number of nitrogens with one attached hydrogen (secondary N) is 2. The van der Waals surface area contributed by atoms with Crippen LogP contribution >= 0.6 is 0 Å². The molecule has 9 heteroatoms. The van der Waals surface area contributed by atoms with Gasteiger partial charge in [0, 0.05) is 5.56 Å². The van der Waals surface area contributed by atoms with Crippen molar-refractivity contribution in [3.63, 3.8) is 0 Å². The van der Waals surface area contributed by atoms with Gasteiger partial charge in [0.05, 0.1) is 16.9 Å². The predicted octanol–water partition coefficient (Wildman–Crippen LogP) is 4.51. The third-order valence-electron chi connectivity index (χ3n) is 3.33. The van der Waals surface area contributed by atoms with Gasteiger partial charge in [-0.15, -0.1) is 5.11 Å². The number of alkyl halides is 3. The van der Waals surface area contributed by atoms with Gasteiger partial charge in [0.1, 0.15) is 5.75 Å². The van der Waals surface area contributed by atoms with Crippen LogP contribution in [0.3, 0.4) is 0 Å². The summed E-state index contributed by atoms with van der Waals surface area (Å²) in [5.41, 5.74) is -0.873. The van der Waals surface area contributed by atoms with E-state index < -0.39 is 17.3 Å². The minimum Gasteiger partial charge on any atom is -0.508 e. The average molecular weight is 348 g/mol. The molecule has 0 fully saturated rings. The van der Waals surface area contributed by atoms with Crippen molar-refractivity contribution in [3.8, 4) is 17.0 Å². The molecule has 0 aliphatic carbocycles. The highest BCUT2D eigenvalue weighted by molar-refractivity contribution is 5.72. The zero-order valence-corrected chi connectivity index (χ0v) is 12.5. The van der Waals surface area contributed by atoms with Crippen molar-refractivity contribution in [2.24, 2.45) is 10.2 Å². The zero-order chi connectivity index (χ0) is 18.0. The average Bonchev–Trinajstić information content (AvgIpc) is 2.93. The molecular formula is C16H11F3N4O2. The lowest BCUT2D eigenvalue weighted by Gasteiger charge is -2.05. The predicted molar refractivity (Wildman–Crippen MR) is 84.1 cm³/mol. The van der Waals surface area contributed by atoms with Crippen LogP contribution < -0.4 is 5.56 Å². The summed E-state index contributed by atoms with van der Waals surface area (Å²) < 4.78 is 38.1. The Morgan fingerprint density at radius 3 is 2.44 bits per heavy atom. The summed E-state index contributed by atoms with van der Waals surface area (Å²) in [7, 11) is 0. The summed E-state index contributed by atoms with van der Waals surface area (Å²) in [5, 5.41) is 21.9. The number of hydrogen-bond acceptors (Lipinski definition) is 4. The molecule has 0 spiro atoms.